The predicted octanol–water partition coefficient (Wildman–Crippen LogP) is 1.12. The van der Waals surface area contributed by atoms with E-state index in [0.717, 1.165) is 25.5 Å². The maximum Gasteiger partial charge on any atom is 0.225 e. The Morgan fingerprint density at radius 2 is 2.14 bits per heavy atom. The molecule has 14 heavy (non-hydrogen) atoms. The van der Waals surface area contributed by atoms with Gasteiger partial charge in [0, 0.05) is 32.6 Å². The van der Waals surface area contributed by atoms with E-state index in [0.29, 0.717) is 6.10 Å². The summed E-state index contributed by atoms with van der Waals surface area (Å²) < 4.78 is 5.27. The lowest BCUT2D eigenvalue weighted by molar-refractivity contribution is 0.121. The van der Waals surface area contributed by atoms with Crippen LogP contribution in [0.5, 0.6) is 0 Å². The van der Waals surface area contributed by atoms with E-state index in [4.69, 9.17) is 4.74 Å². The Morgan fingerprint density at radius 1 is 1.43 bits per heavy atom. The van der Waals surface area contributed by atoms with E-state index >= 15 is 0 Å². The monoisotopic (exact) mass is 215 g/mol. The van der Waals surface area contributed by atoms with Gasteiger partial charge in [0.15, 0.2) is 0 Å². The molecule has 0 saturated carbocycles. The fourth-order valence-corrected chi connectivity index (χ4v) is 1.56. The van der Waals surface area contributed by atoms with Gasteiger partial charge < -0.3 is 9.64 Å². The molecule has 0 amide bonds. The van der Waals surface area contributed by atoms with Gasteiger partial charge in [-0.3, -0.25) is 0 Å². The molecule has 2 heterocycles. The van der Waals surface area contributed by atoms with E-state index in [1.165, 1.54) is 0 Å². The summed E-state index contributed by atoms with van der Waals surface area (Å²) >= 11 is 0. The second-order valence-corrected chi connectivity index (χ2v) is 3.14. The quantitative estimate of drug-likeness (QED) is 0.741. The van der Waals surface area contributed by atoms with Crippen molar-refractivity contribution in [1.82, 2.24) is 9.97 Å². The van der Waals surface area contributed by atoms with Gasteiger partial charge in [-0.05, 0) is 12.5 Å². The molecule has 0 aliphatic carbocycles. The van der Waals surface area contributed by atoms with Crippen LogP contribution in [-0.4, -0.2) is 36.3 Å². The molecule has 0 aromatic carbocycles. The molecule has 1 aromatic heterocycles. The molecular formula is C9H14ClN3O. The third kappa shape index (κ3) is 2.33. The van der Waals surface area contributed by atoms with Crippen molar-refractivity contribution in [1.29, 1.82) is 0 Å². The number of ether oxygens (including phenoxy) is 1. The summed E-state index contributed by atoms with van der Waals surface area (Å²) in [7, 11) is 1.75. The minimum absolute atomic E-state index is 0. The highest BCUT2D eigenvalue weighted by molar-refractivity contribution is 5.85. The van der Waals surface area contributed by atoms with E-state index in [2.05, 4.69) is 14.9 Å². The molecule has 78 valence electrons. The van der Waals surface area contributed by atoms with E-state index in [1.807, 2.05) is 6.07 Å². The van der Waals surface area contributed by atoms with Gasteiger partial charge >= 0.3 is 0 Å². The zero-order valence-electron chi connectivity index (χ0n) is 8.09. The summed E-state index contributed by atoms with van der Waals surface area (Å²) in [5.41, 5.74) is 0. The molecular weight excluding hydrogens is 202 g/mol. The average molecular weight is 216 g/mol. The highest BCUT2D eigenvalue weighted by atomic mass is 35.5. The van der Waals surface area contributed by atoms with Crippen molar-refractivity contribution >= 4 is 18.4 Å². The second kappa shape index (κ2) is 5.12. The van der Waals surface area contributed by atoms with Crippen molar-refractivity contribution in [2.45, 2.75) is 12.5 Å². The average Bonchev–Trinajstić information content (AvgIpc) is 2.67. The van der Waals surface area contributed by atoms with Crippen LogP contribution in [0.1, 0.15) is 6.42 Å². The number of methoxy groups -OCH3 is 1. The molecule has 1 saturated heterocycles. The van der Waals surface area contributed by atoms with Crippen molar-refractivity contribution in [2.24, 2.45) is 0 Å². The maximum absolute atomic E-state index is 5.27. The smallest absolute Gasteiger partial charge is 0.225 e. The highest BCUT2D eigenvalue weighted by Crippen LogP contribution is 2.16. The lowest BCUT2D eigenvalue weighted by atomic mass is 10.3. The SMILES string of the molecule is COC1CCN(c2ncccn2)C1.Cl. The third-order valence-electron chi connectivity index (χ3n) is 2.31. The Balaban J connectivity index is 0.000000980. The molecule has 0 spiro atoms. The van der Waals surface area contributed by atoms with Gasteiger partial charge in [-0.2, -0.15) is 0 Å². The van der Waals surface area contributed by atoms with Crippen LogP contribution in [0, 0.1) is 0 Å². The fourth-order valence-electron chi connectivity index (χ4n) is 1.56. The van der Waals surface area contributed by atoms with Crippen molar-refractivity contribution in [3.05, 3.63) is 18.5 Å². The van der Waals surface area contributed by atoms with Crippen LogP contribution in [0.25, 0.3) is 0 Å². The Hall–Kier alpha value is -0.870. The van der Waals surface area contributed by atoms with Crippen LogP contribution < -0.4 is 4.90 Å². The summed E-state index contributed by atoms with van der Waals surface area (Å²) in [5, 5.41) is 0. The first kappa shape index (κ1) is 11.2. The Morgan fingerprint density at radius 3 is 2.71 bits per heavy atom. The van der Waals surface area contributed by atoms with E-state index in [1.54, 1.807) is 19.5 Å². The Labute approximate surface area is 89.7 Å². The van der Waals surface area contributed by atoms with Gasteiger partial charge in [0.25, 0.3) is 0 Å². The highest BCUT2D eigenvalue weighted by Gasteiger charge is 2.23. The van der Waals surface area contributed by atoms with Crippen LogP contribution in [0.2, 0.25) is 0 Å². The first-order valence-electron chi connectivity index (χ1n) is 4.45. The van der Waals surface area contributed by atoms with Crippen LogP contribution in [0.15, 0.2) is 18.5 Å². The lowest BCUT2D eigenvalue weighted by Gasteiger charge is -2.14. The van der Waals surface area contributed by atoms with E-state index in [-0.39, 0.29) is 12.4 Å². The van der Waals surface area contributed by atoms with Gasteiger partial charge in [0.05, 0.1) is 6.10 Å². The number of hydrogen-bond donors (Lipinski definition) is 0. The zero-order chi connectivity index (χ0) is 9.10. The molecule has 1 unspecified atom stereocenters. The summed E-state index contributed by atoms with van der Waals surface area (Å²) in [4.78, 5) is 10.5. The van der Waals surface area contributed by atoms with Crippen LogP contribution in [-0.2, 0) is 4.74 Å². The standard InChI is InChI=1S/C9H13N3O.ClH/c1-13-8-3-6-12(7-8)9-10-4-2-5-11-9;/h2,4-5,8H,3,6-7H2,1H3;1H. The molecule has 2 rings (SSSR count). The maximum atomic E-state index is 5.27. The second-order valence-electron chi connectivity index (χ2n) is 3.14. The first-order valence-corrected chi connectivity index (χ1v) is 4.45. The summed E-state index contributed by atoms with van der Waals surface area (Å²) in [6, 6.07) is 1.83. The van der Waals surface area contributed by atoms with Gasteiger partial charge in [0.2, 0.25) is 5.95 Å². The number of aromatic nitrogens is 2. The molecule has 1 fully saturated rings. The number of anilines is 1. The first-order chi connectivity index (χ1) is 6.40. The predicted molar refractivity (Wildman–Crippen MR) is 56.9 cm³/mol. The molecule has 1 aliphatic rings. The number of hydrogen-bond acceptors (Lipinski definition) is 4. The zero-order valence-corrected chi connectivity index (χ0v) is 8.91. The summed E-state index contributed by atoms with van der Waals surface area (Å²) in [5.74, 6) is 0.807. The largest absolute Gasteiger partial charge is 0.380 e. The molecule has 1 atom stereocenters. The number of nitrogens with zero attached hydrogens (tertiary/aromatic N) is 3. The molecule has 0 N–H and O–H groups in total. The topological polar surface area (TPSA) is 38.2 Å². The lowest BCUT2D eigenvalue weighted by Crippen LogP contribution is -2.23. The van der Waals surface area contributed by atoms with E-state index < -0.39 is 0 Å². The van der Waals surface area contributed by atoms with Crippen LogP contribution in [0.4, 0.5) is 5.95 Å². The number of halogens is 1. The molecule has 4 nitrogen and oxygen atoms in total. The van der Waals surface area contributed by atoms with Crippen molar-refractivity contribution < 1.29 is 4.74 Å². The van der Waals surface area contributed by atoms with Gasteiger partial charge in [-0.1, -0.05) is 0 Å². The molecule has 5 heteroatoms. The van der Waals surface area contributed by atoms with E-state index in [9.17, 15) is 0 Å². The summed E-state index contributed by atoms with van der Waals surface area (Å²) in [6.07, 6.45) is 4.93. The minimum Gasteiger partial charge on any atom is -0.380 e. The summed E-state index contributed by atoms with van der Waals surface area (Å²) in [6.45, 7) is 1.89. The van der Waals surface area contributed by atoms with Crippen molar-refractivity contribution in [2.75, 3.05) is 25.1 Å². The third-order valence-corrected chi connectivity index (χ3v) is 2.31. The molecule has 1 aliphatic heterocycles. The van der Waals surface area contributed by atoms with Crippen LogP contribution in [0.3, 0.4) is 0 Å². The Kier molecular flexibility index (Phi) is 4.10. The molecule has 1 aromatic rings. The fraction of sp³-hybridized carbons (Fsp3) is 0.556. The van der Waals surface area contributed by atoms with Crippen LogP contribution >= 0.6 is 12.4 Å². The number of rotatable bonds is 2. The normalized spacial score (nSPS) is 20.6. The molecule has 0 radical (unpaired) electrons. The Bertz CT molecular complexity index is 270. The van der Waals surface area contributed by atoms with Gasteiger partial charge in [0.1, 0.15) is 0 Å². The van der Waals surface area contributed by atoms with Gasteiger partial charge in [-0.15, -0.1) is 12.4 Å². The van der Waals surface area contributed by atoms with Crippen molar-refractivity contribution in [3.8, 4) is 0 Å². The van der Waals surface area contributed by atoms with Gasteiger partial charge in [-0.25, -0.2) is 9.97 Å². The minimum atomic E-state index is 0. The van der Waals surface area contributed by atoms with Crippen molar-refractivity contribution in [3.63, 3.8) is 0 Å². The molecule has 0 bridgehead atoms.